The minimum Gasteiger partial charge on any atom is -0.508 e. The van der Waals surface area contributed by atoms with Gasteiger partial charge in [-0.1, -0.05) is 6.07 Å². The molecule has 0 amide bonds. The van der Waals surface area contributed by atoms with Gasteiger partial charge >= 0.3 is 0 Å². The van der Waals surface area contributed by atoms with Gasteiger partial charge in [-0.05, 0) is 36.8 Å². The molecule has 0 heterocycles. The molecule has 2 rings (SSSR count). The Balaban J connectivity index is 2.24. The first-order chi connectivity index (χ1) is 9.47. The number of phenolic OH excluding ortho intramolecular Hbond substituents is 1. The van der Waals surface area contributed by atoms with Gasteiger partial charge in [-0.3, -0.25) is 10.1 Å². The molecular weight excluding hydrogens is 263 g/mol. The molecule has 0 saturated heterocycles. The first-order valence-corrected chi connectivity index (χ1v) is 5.93. The molecule has 0 spiro atoms. The van der Waals surface area contributed by atoms with Gasteiger partial charge in [0.25, 0.3) is 5.69 Å². The number of rotatable bonds is 4. The van der Waals surface area contributed by atoms with E-state index >= 15 is 0 Å². The highest BCUT2D eigenvalue weighted by atomic mass is 19.1. The number of nitrogens with one attached hydrogen (secondary N) is 1. The lowest BCUT2D eigenvalue weighted by Crippen LogP contribution is -2.03. The second-order valence-corrected chi connectivity index (χ2v) is 4.40. The van der Waals surface area contributed by atoms with Crippen molar-refractivity contribution < 1.29 is 14.4 Å². The third-order valence-electron chi connectivity index (χ3n) is 2.86. The highest BCUT2D eigenvalue weighted by Crippen LogP contribution is 2.27. The fraction of sp³-hybridized carbons (Fsp3) is 0.143. The summed E-state index contributed by atoms with van der Waals surface area (Å²) in [5, 5.41) is 23.4. The van der Waals surface area contributed by atoms with Crippen LogP contribution in [0.3, 0.4) is 0 Å². The van der Waals surface area contributed by atoms with Crippen LogP contribution in [0.25, 0.3) is 0 Å². The molecule has 0 unspecified atom stereocenters. The lowest BCUT2D eigenvalue weighted by Gasteiger charge is -2.09. The molecule has 0 bridgehead atoms. The molecule has 0 aliphatic heterocycles. The molecule has 0 aromatic heterocycles. The van der Waals surface area contributed by atoms with Gasteiger partial charge in [-0.2, -0.15) is 0 Å². The standard InChI is InChI=1S/C14H13FN2O3/c1-9-2-4-13(17(19)20)12(6-9)16-8-10-7-11(15)3-5-14(10)18/h2-7,16,18H,8H2,1H3. The molecule has 0 fully saturated rings. The summed E-state index contributed by atoms with van der Waals surface area (Å²) in [5.74, 6) is -0.535. The largest absolute Gasteiger partial charge is 0.508 e. The minimum absolute atomic E-state index is 0.0609. The zero-order valence-corrected chi connectivity index (χ0v) is 10.8. The van der Waals surface area contributed by atoms with E-state index in [9.17, 15) is 19.6 Å². The third kappa shape index (κ3) is 3.03. The lowest BCUT2D eigenvalue weighted by atomic mass is 10.1. The first-order valence-electron chi connectivity index (χ1n) is 5.93. The predicted octanol–water partition coefficient (Wildman–Crippen LogP) is 3.36. The van der Waals surface area contributed by atoms with Gasteiger partial charge in [0.2, 0.25) is 0 Å². The van der Waals surface area contributed by atoms with E-state index in [1.54, 1.807) is 12.1 Å². The van der Waals surface area contributed by atoms with E-state index in [0.29, 0.717) is 11.3 Å². The topological polar surface area (TPSA) is 75.4 Å². The summed E-state index contributed by atoms with van der Waals surface area (Å²) in [5.41, 5.74) is 1.47. The van der Waals surface area contributed by atoms with Crippen LogP contribution in [-0.4, -0.2) is 10.0 Å². The molecule has 0 aliphatic rings. The Bertz CT molecular complexity index is 659. The molecule has 2 N–H and O–H groups in total. The van der Waals surface area contributed by atoms with Crippen molar-refractivity contribution >= 4 is 11.4 Å². The SMILES string of the molecule is Cc1ccc([N+](=O)[O-])c(NCc2cc(F)ccc2O)c1. The van der Waals surface area contributed by atoms with Gasteiger partial charge in [0, 0.05) is 18.2 Å². The van der Waals surface area contributed by atoms with Crippen LogP contribution in [0.5, 0.6) is 5.75 Å². The number of aryl methyl sites for hydroxylation is 1. The van der Waals surface area contributed by atoms with Crippen molar-refractivity contribution in [2.75, 3.05) is 5.32 Å². The van der Waals surface area contributed by atoms with Gasteiger partial charge in [-0.25, -0.2) is 4.39 Å². The highest BCUT2D eigenvalue weighted by Gasteiger charge is 2.13. The average Bonchev–Trinajstić information content (AvgIpc) is 2.39. The lowest BCUT2D eigenvalue weighted by molar-refractivity contribution is -0.384. The quantitative estimate of drug-likeness (QED) is 0.663. The zero-order valence-electron chi connectivity index (χ0n) is 10.8. The Kier molecular flexibility index (Phi) is 3.84. The number of halogens is 1. The summed E-state index contributed by atoms with van der Waals surface area (Å²) < 4.78 is 13.1. The van der Waals surface area contributed by atoms with Gasteiger partial charge in [0.1, 0.15) is 17.3 Å². The molecule has 0 aliphatic carbocycles. The number of phenols is 1. The monoisotopic (exact) mass is 276 g/mol. The fourth-order valence-corrected chi connectivity index (χ4v) is 1.84. The molecule has 2 aromatic carbocycles. The number of hydrogen-bond acceptors (Lipinski definition) is 4. The summed E-state index contributed by atoms with van der Waals surface area (Å²) in [4.78, 5) is 10.4. The Morgan fingerprint density at radius 3 is 2.75 bits per heavy atom. The van der Waals surface area contributed by atoms with Crippen molar-refractivity contribution in [1.82, 2.24) is 0 Å². The number of anilines is 1. The van der Waals surface area contributed by atoms with Crippen LogP contribution in [0.4, 0.5) is 15.8 Å². The Labute approximate surface area is 114 Å². The Morgan fingerprint density at radius 2 is 2.05 bits per heavy atom. The first kappa shape index (κ1) is 13.8. The van der Waals surface area contributed by atoms with Crippen LogP contribution in [0.2, 0.25) is 0 Å². The number of nitrogens with zero attached hydrogens (tertiary/aromatic N) is 1. The van der Waals surface area contributed by atoms with Crippen LogP contribution in [-0.2, 0) is 6.54 Å². The smallest absolute Gasteiger partial charge is 0.292 e. The predicted molar refractivity (Wildman–Crippen MR) is 73.2 cm³/mol. The molecule has 2 aromatic rings. The minimum atomic E-state index is -0.493. The highest BCUT2D eigenvalue weighted by molar-refractivity contribution is 5.63. The van der Waals surface area contributed by atoms with Crippen LogP contribution in [0, 0.1) is 22.9 Å². The number of benzene rings is 2. The van der Waals surface area contributed by atoms with Crippen LogP contribution in [0.1, 0.15) is 11.1 Å². The normalized spacial score (nSPS) is 10.3. The van der Waals surface area contributed by atoms with Gasteiger partial charge in [0.15, 0.2) is 0 Å². The van der Waals surface area contributed by atoms with Crippen molar-refractivity contribution in [3.05, 3.63) is 63.5 Å². The van der Waals surface area contributed by atoms with Crippen molar-refractivity contribution in [2.45, 2.75) is 13.5 Å². The maximum absolute atomic E-state index is 13.1. The van der Waals surface area contributed by atoms with Gasteiger partial charge < -0.3 is 10.4 Å². The summed E-state index contributed by atoms with van der Waals surface area (Å²) in [6.07, 6.45) is 0. The average molecular weight is 276 g/mol. The van der Waals surface area contributed by atoms with Gasteiger partial charge in [-0.15, -0.1) is 0 Å². The molecule has 6 heteroatoms. The van der Waals surface area contributed by atoms with Crippen LogP contribution >= 0.6 is 0 Å². The molecule has 20 heavy (non-hydrogen) atoms. The van der Waals surface area contributed by atoms with Crippen molar-refractivity contribution in [3.63, 3.8) is 0 Å². The number of nitro groups is 1. The number of hydrogen-bond donors (Lipinski definition) is 2. The molecule has 104 valence electrons. The van der Waals surface area contributed by atoms with E-state index in [0.717, 1.165) is 11.6 Å². The fourth-order valence-electron chi connectivity index (χ4n) is 1.84. The zero-order chi connectivity index (χ0) is 14.7. The van der Waals surface area contributed by atoms with E-state index in [-0.39, 0.29) is 18.0 Å². The van der Waals surface area contributed by atoms with E-state index in [1.807, 2.05) is 6.92 Å². The van der Waals surface area contributed by atoms with Crippen molar-refractivity contribution in [3.8, 4) is 5.75 Å². The van der Waals surface area contributed by atoms with E-state index in [4.69, 9.17) is 0 Å². The second-order valence-electron chi connectivity index (χ2n) is 4.40. The molecule has 0 saturated carbocycles. The summed E-state index contributed by atoms with van der Waals surface area (Å²) in [6.45, 7) is 1.91. The van der Waals surface area contributed by atoms with Gasteiger partial charge in [0.05, 0.1) is 4.92 Å². The number of nitro benzene ring substituents is 1. The Hall–Kier alpha value is -2.63. The summed E-state index contributed by atoms with van der Waals surface area (Å²) in [7, 11) is 0. The number of aromatic hydroxyl groups is 1. The second kappa shape index (κ2) is 5.56. The van der Waals surface area contributed by atoms with E-state index in [2.05, 4.69) is 5.32 Å². The summed E-state index contributed by atoms with van der Waals surface area (Å²) in [6, 6.07) is 8.26. The maximum Gasteiger partial charge on any atom is 0.292 e. The molecule has 5 nitrogen and oxygen atoms in total. The van der Waals surface area contributed by atoms with Crippen LogP contribution < -0.4 is 5.32 Å². The molecule has 0 atom stereocenters. The van der Waals surface area contributed by atoms with Crippen LogP contribution in [0.15, 0.2) is 36.4 Å². The summed E-state index contributed by atoms with van der Waals surface area (Å²) >= 11 is 0. The van der Waals surface area contributed by atoms with E-state index in [1.165, 1.54) is 18.2 Å². The van der Waals surface area contributed by atoms with Crippen molar-refractivity contribution in [2.24, 2.45) is 0 Å². The van der Waals surface area contributed by atoms with E-state index < -0.39 is 10.7 Å². The Morgan fingerprint density at radius 1 is 1.30 bits per heavy atom. The molecular formula is C14H13FN2O3. The third-order valence-corrected chi connectivity index (χ3v) is 2.86. The van der Waals surface area contributed by atoms with Crippen molar-refractivity contribution in [1.29, 1.82) is 0 Å². The maximum atomic E-state index is 13.1. The molecule has 0 radical (unpaired) electrons.